The van der Waals surface area contributed by atoms with Crippen LogP contribution in [-0.2, 0) is 4.79 Å². The van der Waals surface area contributed by atoms with Crippen molar-refractivity contribution in [3.05, 3.63) is 24.3 Å². The van der Waals surface area contributed by atoms with E-state index < -0.39 is 12.1 Å². The predicted molar refractivity (Wildman–Crippen MR) is 81.3 cm³/mol. The zero-order valence-electron chi connectivity index (χ0n) is 13.1. The summed E-state index contributed by atoms with van der Waals surface area (Å²) < 4.78 is 43.2. The molecule has 0 unspecified atom stereocenters. The van der Waals surface area contributed by atoms with Crippen LogP contribution in [0.3, 0.4) is 0 Å². The van der Waals surface area contributed by atoms with Crippen molar-refractivity contribution in [2.45, 2.75) is 50.0 Å². The van der Waals surface area contributed by atoms with Crippen molar-refractivity contribution in [2.75, 3.05) is 0 Å². The fourth-order valence-corrected chi connectivity index (χ4v) is 3.15. The molecule has 6 nitrogen and oxygen atoms in total. The Morgan fingerprint density at radius 3 is 2.40 bits per heavy atom. The molecule has 2 saturated heterocycles. The number of carboxylic acids is 1. The minimum Gasteiger partial charge on any atom is -0.475 e. The number of benzene rings is 1. The summed E-state index contributed by atoms with van der Waals surface area (Å²) in [4.78, 5) is 13.3. The summed E-state index contributed by atoms with van der Waals surface area (Å²) in [6.45, 7) is 0. The number of nitrogens with zero attached hydrogens (tertiary/aromatic N) is 1. The highest BCUT2D eigenvalue weighted by Gasteiger charge is 2.38. The van der Waals surface area contributed by atoms with Gasteiger partial charge in [-0.2, -0.15) is 18.2 Å². The van der Waals surface area contributed by atoms with E-state index in [-0.39, 0.29) is 6.10 Å². The first kappa shape index (κ1) is 17.5. The first-order valence-corrected chi connectivity index (χ1v) is 7.89. The molecule has 2 N–H and O–H groups in total. The summed E-state index contributed by atoms with van der Waals surface area (Å²) in [5.74, 6) is -2.76. The number of aromatic nitrogens is 1. The minimum absolute atomic E-state index is 0.247. The largest absolute Gasteiger partial charge is 0.490 e. The average molecular weight is 358 g/mol. The van der Waals surface area contributed by atoms with Gasteiger partial charge in [0.1, 0.15) is 11.6 Å². The van der Waals surface area contributed by atoms with Crippen LogP contribution in [0.5, 0.6) is 6.08 Å². The summed E-state index contributed by atoms with van der Waals surface area (Å²) in [5.41, 5.74) is 1.66. The second-order valence-corrected chi connectivity index (χ2v) is 6.10. The molecular weight excluding hydrogens is 341 g/mol. The number of nitrogens with one attached hydrogen (secondary N) is 1. The molecule has 136 valence electrons. The first-order chi connectivity index (χ1) is 11.8. The highest BCUT2D eigenvalue weighted by Crippen LogP contribution is 2.30. The zero-order chi connectivity index (χ0) is 18.0. The molecule has 1 aromatic carbocycles. The van der Waals surface area contributed by atoms with Gasteiger partial charge >= 0.3 is 18.2 Å². The number of aliphatic carboxylic acids is 1. The molecule has 2 aromatic rings. The van der Waals surface area contributed by atoms with Gasteiger partial charge in [0, 0.05) is 12.1 Å². The molecule has 9 heteroatoms. The number of ether oxygens (including phenoxy) is 1. The van der Waals surface area contributed by atoms with Gasteiger partial charge < -0.3 is 19.6 Å². The lowest BCUT2D eigenvalue weighted by atomic mass is 10.0. The lowest BCUT2D eigenvalue weighted by Gasteiger charge is -2.28. The van der Waals surface area contributed by atoms with E-state index in [0.29, 0.717) is 18.2 Å². The van der Waals surface area contributed by atoms with Gasteiger partial charge in [-0.3, -0.25) is 0 Å². The van der Waals surface area contributed by atoms with Crippen LogP contribution in [0.25, 0.3) is 11.1 Å². The Bertz CT molecular complexity index is 701. The Balaban J connectivity index is 0.000000225. The number of carboxylic acid groups (broad SMARTS) is 1. The summed E-state index contributed by atoms with van der Waals surface area (Å²) in [6, 6.07) is 9.01. The van der Waals surface area contributed by atoms with E-state index in [9.17, 15) is 13.2 Å². The predicted octanol–water partition coefficient (Wildman–Crippen LogP) is 3.12. The van der Waals surface area contributed by atoms with Crippen LogP contribution >= 0.6 is 0 Å². The summed E-state index contributed by atoms with van der Waals surface area (Å²) in [6.07, 6.45) is 0.264. The maximum absolute atomic E-state index is 10.6. The summed E-state index contributed by atoms with van der Waals surface area (Å²) in [7, 11) is 0. The van der Waals surface area contributed by atoms with E-state index in [2.05, 4.69) is 10.3 Å². The van der Waals surface area contributed by atoms with Gasteiger partial charge in [-0.05, 0) is 37.8 Å². The van der Waals surface area contributed by atoms with E-state index in [1.165, 1.54) is 12.8 Å². The molecule has 2 aliphatic heterocycles. The van der Waals surface area contributed by atoms with Gasteiger partial charge in [0.05, 0.1) is 0 Å². The fourth-order valence-electron chi connectivity index (χ4n) is 3.15. The molecule has 0 radical (unpaired) electrons. The third-order valence-electron chi connectivity index (χ3n) is 4.21. The molecule has 0 amide bonds. The van der Waals surface area contributed by atoms with Crippen LogP contribution in [0, 0.1) is 0 Å². The molecule has 25 heavy (non-hydrogen) atoms. The van der Waals surface area contributed by atoms with Crippen LogP contribution < -0.4 is 10.1 Å². The lowest BCUT2D eigenvalue weighted by Crippen LogP contribution is -2.42. The van der Waals surface area contributed by atoms with Crippen LogP contribution in [0.15, 0.2) is 28.7 Å². The van der Waals surface area contributed by atoms with Gasteiger partial charge in [-0.1, -0.05) is 12.1 Å². The molecular formula is C16H17F3N2O4. The van der Waals surface area contributed by atoms with Gasteiger partial charge in [0.25, 0.3) is 0 Å². The van der Waals surface area contributed by atoms with Crippen LogP contribution in [0.4, 0.5) is 13.2 Å². The maximum atomic E-state index is 10.6. The van der Waals surface area contributed by atoms with Crippen molar-refractivity contribution in [3.63, 3.8) is 0 Å². The molecule has 0 saturated carbocycles. The second-order valence-electron chi connectivity index (χ2n) is 6.10. The second kappa shape index (κ2) is 6.91. The van der Waals surface area contributed by atoms with E-state index >= 15 is 0 Å². The van der Waals surface area contributed by atoms with Crippen molar-refractivity contribution < 1.29 is 32.2 Å². The topological polar surface area (TPSA) is 84.6 Å². The third-order valence-corrected chi connectivity index (χ3v) is 4.21. The fraction of sp³-hybridized carbons (Fsp3) is 0.500. The number of oxazole rings is 1. The molecule has 0 aliphatic carbocycles. The van der Waals surface area contributed by atoms with E-state index in [1.807, 2.05) is 24.3 Å². The van der Waals surface area contributed by atoms with E-state index in [4.69, 9.17) is 19.1 Å². The normalized spacial score (nSPS) is 25.3. The number of hydrogen-bond donors (Lipinski definition) is 2. The number of para-hydroxylation sites is 2. The average Bonchev–Trinajstić information content (AvgIpc) is 3.09. The molecule has 2 aliphatic rings. The highest BCUT2D eigenvalue weighted by molar-refractivity contribution is 5.73. The number of piperidine rings is 1. The monoisotopic (exact) mass is 358 g/mol. The zero-order valence-corrected chi connectivity index (χ0v) is 13.1. The van der Waals surface area contributed by atoms with Crippen molar-refractivity contribution in [3.8, 4) is 6.08 Å². The quantitative estimate of drug-likeness (QED) is 0.858. The highest BCUT2D eigenvalue weighted by atomic mass is 19.4. The molecule has 0 spiro atoms. The minimum atomic E-state index is -5.08. The van der Waals surface area contributed by atoms with Crippen LogP contribution in [0.1, 0.15) is 25.7 Å². The van der Waals surface area contributed by atoms with Gasteiger partial charge in [0.15, 0.2) is 5.58 Å². The molecule has 2 fully saturated rings. The maximum Gasteiger partial charge on any atom is 0.490 e. The van der Waals surface area contributed by atoms with Gasteiger partial charge in [-0.25, -0.2) is 4.79 Å². The molecule has 1 aromatic heterocycles. The number of fused-ring (bicyclic) bond motifs is 3. The number of carbonyl (C=O) groups is 1. The molecule has 2 bridgehead atoms. The van der Waals surface area contributed by atoms with Gasteiger partial charge in [0.2, 0.25) is 0 Å². The number of halogens is 3. The lowest BCUT2D eigenvalue weighted by molar-refractivity contribution is -0.192. The molecule has 4 rings (SSSR count). The Morgan fingerprint density at radius 1 is 1.24 bits per heavy atom. The van der Waals surface area contributed by atoms with Crippen molar-refractivity contribution in [1.82, 2.24) is 10.3 Å². The SMILES string of the molecule is O=C(O)C(F)(F)F.c1ccc2oc(O[C@@H]3C[C@H]4CC[C@@H](C3)N4)nc2c1. The summed E-state index contributed by atoms with van der Waals surface area (Å²) in [5, 5.41) is 10.7. The van der Waals surface area contributed by atoms with Crippen molar-refractivity contribution >= 4 is 17.1 Å². The van der Waals surface area contributed by atoms with E-state index in [0.717, 1.165) is 23.9 Å². The Morgan fingerprint density at radius 2 is 1.84 bits per heavy atom. The first-order valence-electron chi connectivity index (χ1n) is 7.89. The Hall–Kier alpha value is -2.29. The number of hydrogen-bond acceptors (Lipinski definition) is 5. The standard InChI is InChI=1S/C14H16N2O2.C2HF3O2/c1-2-4-13-12(3-1)16-14(18-13)17-11-7-9-5-6-10(8-11)15-9;3-2(4,5)1(6)7/h1-4,9-11,15H,5-8H2;(H,6,7)/t9-,10+,11-;. The molecule has 3 heterocycles. The Kier molecular flexibility index (Phi) is 4.85. The van der Waals surface area contributed by atoms with E-state index in [1.54, 1.807) is 0 Å². The Labute approximate surface area is 141 Å². The van der Waals surface area contributed by atoms with Gasteiger partial charge in [-0.15, -0.1) is 0 Å². The smallest absolute Gasteiger partial charge is 0.475 e. The van der Waals surface area contributed by atoms with Crippen molar-refractivity contribution in [2.24, 2.45) is 0 Å². The number of alkyl halides is 3. The summed E-state index contributed by atoms with van der Waals surface area (Å²) >= 11 is 0. The molecule has 3 atom stereocenters. The number of rotatable bonds is 2. The van der Waals surface area contributed by atoms with Crippen LogP contribution in [-0.4, -0.2) is 40.4 Å². The third kappa shape index (κ3) is 4.41. The van der Waals surface area contributed by atoms with Crippen molar-refractivity contribution in [1.29, 1.82) is 0 Å². The van der Waals surface area contributed by atoms with Crippen LogP contribution in [0.2, 0.25) is 0 Å².